The number of hydrogen-bond acceptors (Lipinski definition) is 3. The van der Waals surface area contributed by atoms with Crippen molar-refractivity contribution < 1.29 is 13.2 Å². The molecule has 1 saturated heterocycles. The summed E-state index contributed by atoms with van der Waals surface area (Å²) in [6.45, 7) is 0.455. The molecule has 0 unspecified atom stereocenters. The summed E-state index contributed by atoms with van der Waals surface area (Å²) in [6, 6.07) is -0.172. The summed E-state index contributed by atoms with van der Waals surface area (Å²) in [5, 5.41) is 2.68. The van der Waals surface area contributed by atoms with Gasteiger partial charge in [0.15, 0.2) is 9.84 Å². The van der Waals surface area contributed by atoms with E-state index in [-0.39, 0.29) is 23.5 Å². The van der Waals surface area contributed by atoms with Crippen LogP contribution in [-0.2, 0) is 9.84 Å². The van der Waals surface area contributed by atoms with E-state index in [1.165, 1.54) is 4.90 Å². The summed E-state index contributed by atoms with van der Waals surface area (Å²) in [5.41, 5.74) is 0. The average molecular weight is 220 g/mol. The number of carbonyl (C=O) groups is 1. The van der Waals surface area contributed by atoms with Crippen LogP contribution in [0.3, 0.4) is 0 Å². The van der Waals surface area contributed by atoms with Crippen molar-refractivity contribution in [2.24, 2.45) is 5.92 Å². The third kappa shape index (κ3) is 3.17. The molecule has 1 fully saturated rings. The Morgan fingerprint density at radius 2 is 2.14 bits per heavy atom. The molecular formula is C8H16N2O3S. The van der Waals surface area contributed by atoms with Crippen LogP contribution in [0, 0.1) is 5.92 Å². The maximum absolute atomic E-state index is 11.1. The molecule has 1 rings (SSSR count). The maximum Gasteiger partial charge on any atom is 0.316 e. The average Bonchev–Trinajstić information content (AvgIpc) is 2.41. The standard InChI is InChI=1S/C8H16N2O3S/c1-10(2)8(11)9-5-7-3-4-14(12,13)6-7/h7H,3-6H2,1-2H3,(H,9,11)/t7-/m1/s1. The third-order valence-corrected chi connectivity index (χ3v) is 4.11. The van der Waals surface area contributed by atoms with Crippen molar-refractivity contribution in [1.82, 2.24) is 10.2 Å². The van der Waals surface area contributed by atoms with E-state index in [2.05, 4.69) is 5.32 Å². The Bertz CT molecular complexity index is 311. The molecule has 82 valence electrons. The first-order valence-electron chi connectivity index (χ1n) is 4.56. The molecular weight excluding hydrogens is 204 g/mol. The van der Waals surface area contributed by atoms with Crippen molar-refractivity contribution in [3.05, 3.63) is 0 Å². The largest absolute Gasteiger partial charge is 0.338 e. The molecule has 1 aliphatic heterocycles. The Kier molecular flexibility index (Phi) is 3.36. The number of carbonyl (C=O) groups excluding carboxylic acids is 1. The lowest BCUT2D eigenvalue weighted by Gasteiger charge is -2.14. The highest BCUT2D eigenvalue weighted by atomic mass is 32.2. The van der Waals surface area contributed by atoms with E-state index in [1.807, 2.05) is 0 Å². The highest BCUT2D eigenvalue weighted by Gasteiger charge is 2.27. The van der Waals surface area contributed by atoms with E-state index in [4.69, 9.17) is 0 Å². The topological polar surface area (TPSA) is 66.5 Å². The zero-order valence-corrected chi connectivity index (χ0v) is 9.30. The fourth-order valence-corrected chi connectivity index (χ4v) is 3.28. The number of hydrogen-bond donors (Lipinski definition) is 1. The first-order chi connectivity index (χ1) is 6.41. The molecule has 1 N–H and O–H groups in total. The fourth-order valence-electron chi connectivity index (χ4n) is 1.42. The van der Waals surface area contributed by atoms with Crippen LogP contribution in [0.15, 0.2) is 0 Å². The number of sulfone groups is 1. The first-order valence-corrected chi connectivity index (χ1v) is 6.38. The predicted molar refractivity (Wildman–Crippen MR) is 53.8 cm³/mol. The lowest BCUT2D eigenvalue weighted by atomic mass is 10.1. The fraction of sp³-hybridized carbons (Fsp3) is 0.875. The molecule has 2 amide bonds. The smallest absolute Gasteiger partial charge is 0.316 e. The van der Waals surface area contributed by atoms with Crippen molar-refractivity contribution in [2.75, 3.05) is 32.1 Å². The second-order valence-electron chi connectivity index (χ2n) is 3.85. The first kappa shape index (κ1) is 11.3. The van der Waals surface area contributed by atoms with Crippen LogP contribution in [0.4, 0.5) is 4.79 Å². The van der Waals surface area contributed by atoms with Crippen molar-refractivity contribution in [2.45, 2.75) is 6.42 Å². The Hall–Kier alpha value is -0.780. The van der Waals surface area contributed by atoms with Gasteiger partial charge in [0, 0.05) is 20.6 Å². The van der Waals surface area contributed by atoms with Crippen LogP contribution in [0.25, 0.3) is 0 Å². The minimum Gasteiger partial charge on any atom is -0.338 e. The highest BCUT2D eigenvalue weighted by molar-refractivity contribution is 7.91. The monoisotopic (exact) mass is 220 g/mol. The number of nitrogens with one attached hydrogen (secondary N) is 1. The molecule has 0 saturated carbocycles. The van der Waals surface area contributed by atoms with Gasteiger partial charge in [0.1, 0.15) is 0 Å². The minimum atomic E-state index is -2.83. The maximum atomic E-state index is 11.1. The Labute approximate surface area is 84.4 Å². The quantitative estimate of drug-likeness (QED) is 0.694. The van der Waals surface area contributed by atoms with Gasteiger partial charge in [-0.3, -0.25) is 0 Å². The van der Waals surface area contributed by atoms with E-state index in [0.717, 1.165) is 0 Å². The van der Waals surface area contributed by atoms with Crippen molar-refractivity contribution >= 4 is 15.9 Å². The van der Waals surface area contributed by atoms with Gasteiger partial charge in [-0.05, 0) is 12.3 Å². The highest BCUT2D eigenvalue weighted by Crippen LogP contribution is 2.17. The normalized spacial score (nSPS) is 24.6. The minimum absolute atomic E-state index is 0.0869. The zero-order valence-electron chi connectivity index (χ0n) is 8.49. The summed E-state index contributed by atoms with van der Waals surface area (Å²) >= 11 is 0. The molecule has 0 aliphatic carbocycles. The molecule has 6 heteroatoms. The Morgan fingerprint density at radius 1 is 1.50 bits per heavy atom. The van der Waals surface area contributed by atoms with Gasteiger partial charge in [0.05, 0.1) is 11.5 Å². The van der Waals surface area contributed by atoms with E-state index in [1.54, 1.807) is 14.1 Å². The molecule has 0 aromatic heterocycles. The summed E-state index contributed by atoms with van der Waals surface area (Å²) < 4.78 is 22.2. The zero-order chi connectivity index (χ0) is 10.8. The van der Waals surface area contributed by atoms with Gasteiger partial charge in [0.2, 0.25) is 0 Å². The van der Waals surface area contributed by atoms with Gasteiger partial charge in [-0.15, -0.1) is 0 Å². The Morgan fingerprint density at radius 3 is 2.57 bits per heavy atom. The van der Waals surface area contributed by atoms with Gasteiger partial charge in [-0.2, -0.15) is 0 Å². The number of nitrogens with zero attached hydrogens (tertiary/aromatic N) is 1. The van der Waals surface area contributed by atoms with Crippen LogP contribution in [0.2, 0.25) is 0 Å². The van der Waals surface area contributed by atoms with Crippen LogP contribution in [0.1, 0.15) is 6.42 Å². The van der Waals surface area contributed by atoms with E-state index >= 15 is 0 Å². The summed E-state index contributed by atoms with van der Waals surface area (Å²) in [6.07, 6.45) is 0.663. The van der Waals surface area contributed by atoms with Crippen molar-refractivity contribution in [1.29, 1.82) is 0 Å². The number of amides is 2. The van der Waals surface area contributed by atoms with Crippen molar-refractivity contribution in [3.8, 4) is 0 Å². The van der Waals surface area contributed by atoms with Gasteiger partial charge < -0.3 is 10.2 Å². The molecule has 0 spiro atoms. The molecule has 1 atom stereocenters. The molecule has 0 aromatic carbocycles. The summed E-state index contributed by atoms with van der Waals surface area (Å²) in [5.74, 6) is 0.555. The SMILES string of the molecule is CN(C)C(=O)NC[C@H]1CCS(=O)(=O)C1. The van der Waals surface area contributed by atoms with Crippen molar-refractivity contribution in [3.63, 3.8) is 0 Å². The van der Waals surface area contributed by atoms with Gasteiger partial charge in [-0.25, -0.2) is 13.2 Å². The molecule has 0 radical (unpaired) electrons. The van der Waals surface area contributed by atoms with Gasteiger partial charge >= 0.3 is 6.03 Å². The molecule has 1 heterocycles. The Balaban J connectivity index is 2.31. The molecule has 1 aliphatic rings. The van der Waals surface area contributed by atoms with Gasteiger partial charge in [-0.1, -0.05) is 0 Å². The van der Waals surface area contributed by atoms with E-state index in [0.29, 0.717) is 13.0 Å². The molecule has 0 aromatic rings. The van der Waals surface area contributed by atoms with Gasteiger partial charge in [0.25, 0.3) is 0 Å². The van der Waals surface area contributed by atoms with E-state index in [9.17, 15) is 13.2 Å². The second kappa shape index (κ2) is 4.16. The van der Waals surface area contributed by atoms with Crippen LogP contribution >= 0.6 is 0 Å². The van der Waals surface area contributed by atoms with E-state index < -0.39 is 9.84 Å². The summed E-state index contributed by atoms with van der Waals surface area (Å²) in [4.78, 5) is 12.6. The predicted octanol–water partition coefficient (Wildman–Crippen LogP) is -0.308. The molecule has 14 heavy (non-hydrogen) atoms. The van der Waals surface area contributed by atoms with Crippen LogP contribution < -0.4 is 5.32 Å². The lowest BCUT2D eigenvalue weighted by molar-refractivity contribution is 0.216. The molecule has 0 bridgehead atoms. The second-order valence-corrected chi connectivity index (χ2v) is 6.08. The number of rotatable bonds is 2. The molecule has 5 nitrogen and oxygen atoms in total. The lowest BCUT2D eigenvalue weighted by Crippen LogP contribution is -2.37. The summed E-state index contributed by atoms with van der Waals surface area (Å²) in [7, 11) is 0.478. The van der Waals surface area contributed by atoms with Crippen LogP contribution in [0.5, 0.6) is 0 Å². The van der Waals surface area contributed by atoms with Crippen LogP contribution in [-0.4, -0.2) is 51.5 Å². The third-order valence-electron chi connectivity index (χ3n) is 2.27. The number of urea groups is 1.